The Hall–Kier alpha value is -2.62. The minimum atomic E-state index is -0.505. The molecule has 2 aromatic rings. The number of carbonyl (C=O) groups excluding carboxylic acids is 1. The standard InChI is InChI=1S/C23H29FN4O3S/c1-15-22(18-7-11-32-21(18)14-28(15)23(25)29)26-19-6-5-16(24)12-20(19)31-17-4-3-8-27(13-17)9-10-30-2/h5-7,11-12,17,26H,3-4,8-10,13-14H2,1-2H3,(H2,25,29). The number of hydrogen-bond donors (Lipinski definition) is 2. The second-order valence-corrected chi connectivity index (χ2v) is 9.08. The number of nitrogens with one attached hydrogen (secondary N) is 1. The fourth-order valence-corrected chi connectivity index (χ4v) is 5.09. The molecule has 1 atom stereocenters. The van der Waals surface area contributed by atoms with Crippen LogP contribution in [-0.4, -0.2) is 55.3 Å². The van der Waals surface area contributed by atoms with Crippen molar-refractivity contribution in [3.05, 3.63) is 51.6 Å². The van der Waals surface area contributed by atoms with Crippen LogP contribution in [-0.2, 0) is 11.3 Å². The second kappa shape index (κ2) is 9.89. The van der Waals surface area contributed by atoms with Crippen molar-refractivity contribution < 1.29 is 18.7 Å². The number of rotatable bonds is 7. The molecule has 3 heterocycles. The van der Waals surface area contributed by atoms with Crippen molar-refractivity contribution in [3.8, 4) is 5.75 Å². The molecule has 172 valence electrons. The van der Waals surface area contributed by atoms with Crippen LogP contribution in [0.3, 0.4) is 0 Å². The third kappa shape index (κ3) is 4.90. The number of primary amides is 1. The zero-order chi connectivity index (χ0) is 22.7. The monoisotopic (exact) mass is 460 g/mol. The summed E-state index contributed by atoms with van der Waals surface area (Å²) in [5, 5.41) is 5.39. The molecule has 9 heteroatoms. The Morgan fingerprint density at radius 1 is 1.38 bits per heavy atom. The maximum atomic E-state index is 14.1. The molecule has 1 saturated heterocycles. The van der Waals surface area contributed by atoms with E-state index in [9.17, 15) is 9.18 Å². The molecule has 7 nitrogen and oxygen atoms in total. The summed E-state index contributed by atoms with van der Waals surface area (Å²) in [6.07, 6.45) is 1.89. The number of methoxy groups -OCH3 is 1. The molecule has 4 rings (SSSR count). The van der Waals surface area contributed by atoms with Gasteiger partial charge in [0.1, 0.15) is 17.7 Å². The lowest BCUT2D eigenvalue weighted by molar-refractivity contribution is 0.0685. The smallest absolute Gasteiger partial charge is 0.319 e. The van der Waals surface area contributed by atoms with Gasteiger partial charge in [-0.15, -0.1) is 11.3 Å². The molecule has 1 fully saturated rings. The zero-order valence-electron chi connectivity index (χ0n) is 18.4. The molecular formula is C23H29FN4O3S. The molecule has 2 aliphatic heterocycles. The average Bonchev–Trinajstić information content (AvgIpc) is 3.24. The van der Waals surface area contributed by atoms with E-state index < -0.39 is 6.03 Å². The number of nitrogens with zero attached hydrogens (tertiary/aromatic N) is 2. The van der Waals surface area contributed by atoms with E-state index in [4.69, 9.17) is 15.2 Å². The van der Waals surface area contributed by atoms with Crippen molar-refractivity contribution in [3.63, 3.8) is 0 Å². The highest BCUT2D eigenvalue weighted by Crippen LogP contribution is 2.38. The summed E-state index contributed by atoms with van der Waals surface area (Å²) in [6.45, 7) is 5.60. The van der Waals surface area contributed by atoms with Crippen molar-refractivity contribution in [1.82, 2.24) is 9.80 Å². The van der Waals surface area contributed by atoms with Crippen LogP contribution in [0.1, 0.15) is 30.2 Å². The van der Waals surface area contributed by atoms with Crippen molar-refractivity contribution >= 4 is 28.8 Å². The lowest BCUT2D eigenvalue weighted by Crippen LogP contribution is -2.42. The van der Waals surface area contributed by atoms with Gasteiger partial charge in [-0.05, 0) is 49.9 Å². The van der Waals surface area contributed by atoms with Gasteiger partial charge in [0.2, 0.25) is 0 Å². The van der Waals surface area contributed by atoms with E-state index in [2.05, 4.69) is 10.2 Å². The van der Waals surface area contributed by atoms with Crippen LogP contribution in [0, 0.1) is 5.82 Å². The third-order valence-electron chi connectivity index (χ3n) is 5.92. The van der Waals surface area contributed by atoms with E-state index >= 15 is 0 Å². The van der Waals surface area contributed by atoms with Crippen LogP contribution < -0.4 is 15.8 Å². The lowest BCUT2D eigenvalue weighted by Gasteiger charge is -2.33. The van der Waals surface area contributed by atoms with Gasteiger partial charge < -0.3 is 20.5 Å². The van der Waals surface area contributed by atoms with Gasteiger partial charge in [-0.2, -0.15) is 0 Å². The number of urea groups is 1. The summed E-state index contributed by atoms with van der Waals surface area (Å²) in [5.74, 6) is 0.0961. The largest absolute Gasteiger partial charge is 0.487 e. The minimum Gasteiger partial charge on any atom is -0.487 e. The molecule has 2 aliphatic rings. The number of halogens is 1. The summed E-state index contributed by atoms with van der Waals surface area (Å²) < 4.78 is 25.6. The SMILES string of the molecule is COCCN1CCCC(Oc2cc(F)ccc2NC2=C(C)N(C(N)=O)Cc3sccc32)C1. The molecule has 1 unspecified atom stereocenters. The number of nitrogens with two attached hydrogens (primary N) is 1. The van der Waals surface area contributed by atoms with Gasteiger partial charge in [0.15, 0.2) is 0 Å². The van der Waals surface area contributed by atoms with Crippen LogP contribution in [0.15, 0.2) is 35.3 Å². The number of benzene rings is 1. The molecule has 1 aromatic carbocycles. The van der Waals surface area contributed by atoms with Crippen LogP contribution >= 0.6 is 11.3 Å². The Bertz CT molecular complexity index is 1010. The fraction of sp³-hybridized carbons (Fsp3) is 0.435. The molecule has 0 bridgehead atoms. The Morgan fingerprint density at radius 2 is 2.22 bits per heavy atom. The number of ether oxygens (including phenoxy) is 2. The topological polar surface area (TPSA) is 80.1 Å². The molecular weight excluding hydrogens is 431 g/mol. The Morgan fingerprint density at radius 3 is 3.00 bits per heavy atom. The Labute approximate surface area is 191 Å². The maximum Gasteiger partial charge on any atom is 0.319 e. The van der Waals surface area contributed by atoms with Gasteiger partial charge in [-0.1, -0.05) is 0 Å². The molecule has 0 spiro atoms. The lowest BCUT2D eigenvalue weighted by atomic mass is 10.1. The average molecular weight is 461 g/mol. The Kier molecular flexibility index (Phi) is 6.98. The number of likely N-dealkylation sites (tertiary alicyclic amines) is 1. The molecule has 0 aliphatic carbocycles. The molecule has 2 amide bonds. The number of fused-ring (bicyclic) bond motifs is 1. The highest BCUT2D eigenvalue weighted by Gasteiger charge is 2.28. The van der Waals surface area contributed by atoms with Crippen molar-refractivity contribution in [2.24, 2.45) is 5.73 Å². The summed E-state index contributed by atoms with van der Waals surface area (Å²) in [7, 11) is 1.70. The van der Waals surface area contributed by atoms with E-state index in [-0.39, 0.29) is 11.9 Å². The molecule has 3 N–H and O–H groups in total. The van der Waals surface area contributed by atoms with E-state index in [1.54, 1.807) is 29.4 Å². The van der Waals surface area contributed by atoms with Gasteiger partial charge in [0.25, 0.3) is 0 Å². The van der Waals surface area contributed by atoms with Crippen molar-refractivity contribution in [1.29, 1.82) is 0 Å². The first-order valence-electron chi connectivity index (χ1n) is 10.8. The van der Waals surface area contributed by atoms with Gasteiger partial charge >= 0.3 is 6.03 Å². The summed E-state index contributed by atoms with van der Waals surface area (Å²) >= 11 is 1.57. The predicted molar refractivity (Wildman–Crippen MR) is 124 cm³/mol. The summed E-state index contributed by atoms with van der Waals surface area (Å²) in [4.78, 5) is 16.9. The highest BCUT2D eigenvalue weighted by molar-refractivity contribution is 7.10. The maximum absolute atomic E-state index is 14.1. The molecule has 0 radical (unpaired) electrons. The highest BCUT2D eigenvalue weighted by atomic mass is 32.1. The number of hydrogen-bond acceptors (Lipinski definition) is 6. The van der Waals surface area contributed by atoms with E-state index in [1.807, 2.05) is 18.4 Å². The van der Waals surface area contributed by atoms with Crippen LogP contribution in [0.5, 0.6) is 5.75 Å². The minimum absolute atomic E-state index is 0.0387. The molecule has 0 saturated carbocycles. The summed E-state index contributed by atoms with van der Waals surface area (Å²) in [5.41, 5.74) is 8.77. The van der Waals surface area contributed by atoms with Gasteiger partial charge in [0, 0.05) is 42.4 Å². The molecule has 32 heavy (non-hydrogen) atoms. The van der Waals surface area contributed by atoms with E-state index in [0.717, 1.165) is 54.3 Å². The third-order valence-corrected chi connectivity index (χ3v) is 6.83. The fourth-order valence-electron chi connectivity index (χ4n) is 4.22. The van der Waals surface area contributed by atoms with Gasteiger partial charge in [-0.25, -0.2) is 9.18 Å². The normalized spacial score (nSPS) is 19.1. The number of anilines is 1. The van der Waals surface area contributed by atoms with E-state index in [0.29, 0.717) is 24.6 Å². The van der Waals surface area contributed by atoms with Gasteiger partial charge in [-0.3, -0.25) is 9.80 Å². The number of allylic oxidation sites excluding steroid dienone is 1. The number of piperidine rings is 1. The second-order valence-electron chi connectivity index (χ2n) is 8.08. The first-order valence-corrected chi connectivity index (χ1v) is 11.6. The number of thiophene rings is 1. The summed E-state index contributed by atoms with van der Waals surface area (Å²) in [6, 6.07) is 6.00. The first-order chi connectivity index (χ1) is 15.5. The van der Waals surface area contributed by atoms with Crippen LogP contribution in [0.4, 0.5) is 14.9 Å². The number of carbonyl (C=O) groups is 1. The van der Waals surface area contributed by atoms with Crippen molar-refractivity contribution in [2.45, 2.75) is 32.4 Å². The zero-order valence-corrected chi connectivity index (χ0v) is 19.2. The van der Waals surface area contributed by atoms with Crippen LogP contribution in [0.2, 0.25) is 0 Å². The van der Waals surface area contributed by atoms with Gasteiger partial charge in [0.05, 0.1) is 24.5 Å². The van der Waals surface area contributed by atoms with Crippen molar-refractivity contribution in [2.75, 3.05) is 38.7 Å². The number of amides is 2. The molecule has 1 aromatic heterocycles. The Balaban J connectivity index is 1.58. The van der Waals surface area contributed by atoms with E-state index in [1.165, 1.54) is 12.1 Å². The quantitative estimate of drug-likeness (QED) is 0.651. The first kappa shape index (κ1) is 22.6. The predicted octanol–water partition coefficient (Wildman–Crippen LogP) is 4.07. The van der Waals surface area contributed by atoms with Crippen LogP contribution in [0.25, 0.3) is 5.70 Å².